The zero-order valence-corrected chi connectivity index (χ0v) is 10.8. The quantitative estimate of drug-likeness (QED) is 0.545. The molecule has 1 saturated heterocycles. The zero-order chi connectivity index (χ0) is 13.0. The highest BCUT2D eigenvalue weighted by Gasteiger charge is 2.39. The fourth-order valence-corrected chi connectivity index (χ4v) is 3.17. The third-order valence-electron chi connectivity index (χ3n) is 4.46. The molecule has 1 saturated carbocycles. The molecule has 104 valence electrons. The lowest BCUT2D eigenvalue weighted by molar-refractivity contribution is -0.139. The normalized spacial score (nSPS) is 30.7. The number of aliphatic hydroxyl groups excluding tert-OH is 1. The van der Waals surface area contributed by atoms with Gasteiger partial charge >= 0.3 is 5.97 Å². The van der Waals surface area contributed by atoms with Crippen molar-refractivity contribution in [3.63, 3.8) is 0 Å². The summed E-state index contributed by atoms with van der Waals surface area (Å²) in [5.41, 5.74) is -0.261. The molecule has 0 aromatic heterocycles. The first-order chi connectivity index (χ1) is 8.65. The Labute approximate surface area is 108 Å². The highest BCUT2D eigenvalue weighted by atomic mass is 16.4. The highest BCUT2D eigenvalue weighted by molar-refractivity contribution is 5.68. The minimum Gasteiger partial charge on any atom is -0.481 e. The number of carboxylic acid groups (broad SMARTS) is 1. The van der Waals surface area contributed by atoms with Gasteiger partial charge in [-0.15, -0.1) is 0 Å². The minimum absolute atomic E-state index is 0.177. The monoisotopic (exact) mass is 256 g/mol. The Balaban J connectivity index is 1.83. The summed E-state index contributed by atoms with van der Waals surface area (Å²) in [7, 11) is 0. The molecule has 0 aromatic rings. The van der Waals surface area contributed by atoms with E-state index in [9.17, 15) is 9.90 Å². The van der Waals surface area contributed by atoms with Gasteiger partial charge in [-0.3, -0.25) is 4.79 Å². The molecule has 0 spiro atoms. The van der Waals surface area contributed by atoms with Crippen LogP contribution in [0.25, 0.3) is 0 Å². The summed E-state index contributed by atoms with van der Waals surface area (Å²) < 4.78 is 0. The van der Waals surface area contributed by atoms with Gasteiger partial charge in [-0.05, 0) is 31.2 Å². The Bertz CT molecular complexity index is 292. The van der Waals surface area contributed by atoms with Crippen molar-refractivity contribution in [2.75, 3.05) is 26.2 Å². The van der Waals surface area contributed by atoms with Crippen LogP contribution in [0.4, 0.5) is 0 Å². The topological polar surface area (TPSA) is 81.6 Å². The second-order valence-corrected chi connectivity index (χ2v) is 5.82. The summed E-state index contributed by atoms with van der Waals surface area (Å²) in [5.74, 6) is 0.141. The van der Waals surface area contributed by atoms with Crippen LogP contribution in [0.15, 0.2) is 0 Å². The first-order valence-electron chi connectivity index (χ1n) is 6.94. The molecule has 5 nitrogen and oxygen atoms in total. The minimum atomic E-state index is -0.744. The van der Waals surface area contributed by atoms with Gasteiger partial charge in [0.25, 0.3) is 0 Å². The number of hydrogen-bond acceptors (Lipinski definition) is 4. The van der Waals surface area contributed by atoms with Crippen molar-refractivity contribution < 1.29 is 15.0 Å². The van der Waals surface area contributed by atoms with Crippen LogP contribution in [-0.2, 0) is 4.79 Å². The number of hydrogen-bond donors (Lipinski definition) is 4. The summed E-state index contributed by atoms with van der Waals surface area (Å²) in [5, 5.41) is 24.9. The maximum atomic E-state index is 10.9. The van der Waals surface area contributed by atoms with Gasteiger partial charge in [-0.25, -0.2) is 0 Å². The zero-order valence-electron chi connectivity index (χ0n) is 10.8. The average Bonchev–Trinajstić information content (AvgIpc) is 2.32. The molecule has 0 aromatic carbocycles. The van der Waals surface area contributed by atoms with E-state index in [4.69, 9.17) is 5.11 Å². The third-order valence-corrected chi connectivity index (χ3v) is 4.46. The van der Waals surface area contributed by atoms with Crippen molar-refractivity contribution >= 4 is 5.97 Å². The predicted molar refractivity (Wildman–Crippen MR) is 68.4 cm³/mol. The van der Waals surface area contributed by atoms with E-state index in [0.29, 0.717) is 11.8 Å². The van der Waals surface area contributed by atoms with Gasteiger partial charge in [0.2, 0.25) is 0 Å². The largest absolute Gasteiger partial charge is 0.481 e. The van der Waals surface area contributed by atoms with Crippen LogP contribution in [0.2, 0.25) is 0 Å². The van der Waals surface area contributed by atoms with E-state index in [-0.39, 0.29) is 18.6 Å². The van der Waals surface area contributed by atoms with Gasteiger partial charge in [0.15, 0.2) is 0 Å². The van der Waals surface area contributed by atoms with E-state index in [2.05, 4.69) is 10.6 Å². The van der Waals surface area contributed by atoms with Crippen LogP contribution in [0.3, 0.4) is 0 Å². The summed E-state index contributed by atoms with van der Waals surface area (Å²) in [6.07, 6.45) is 4.87. The number of carbonyl (C=O) groups is 1. The van der Waals surface area contributed by atoms with Crippen molar-refractivity contribution in [1.29, 1.82) is 0 Å². The number of nitrogens with one attached hydrogen (secondary N) is 2. The van der Waals surface area contributed by atoms with Gasteiger partial charge in [-0.2, -0.15) is 0 Å². The fraction of sp³-hybridized carbons (Fsp3) is 0.923. The number of carboxylic acids is 1. The Hall–Kier alpha value is -0.650. The van der Waals surface area contributed by atoms with E-state index in [1.807, 2.05) is 0 Å². The summed E-state index contributed by atoms with van der Waals surface area (Å²) >= 11 is 0. The maximum absolute atomic E-state index is 10.9. The van der Waals surface area contributed by atoms with Crippen LogP contribution in [0.5, 0.6) is 0 Å². The fourth-order valence-electron chi connectivity index (χ4n) is 3.17. The molecule has 2 aliphatic rings. The molecule has 2 atom stereocenters. The smallest absolute Gasteiger partial charge is 0.305 e. The lowest BCUT2D eigenvalue weighted by Gasteiger charge is -2.44. The molecule has 1 aliphatic carbocycles. The van der Waals surface area contributed by atoms with Crippen LogP contribution in [-0.4, -0.2) is 48.0 Å². The molecule has 0 radical (unpaired) electrons. The van der Waals surface area contributed by atoms with Crippen LogP contribution in [0, 0.1) is 11.8 Å². The SMILES string of the molecule is O=C(O)CC1(NCC2CCCCC2CO)CNC1. The van der Waals surface area contributed by atoms with Crippen LogP contribution < -0.4 is 10.6 Å². The molecule has 2 fully saturated rings. The highest BCUT2D eigenvalue weighted by Crippen LogP contribution is 2.30. The van der Waals surface area contributed by atoms with Gasteiger partial charge in [-0.1, -0.05) is 12.8 Å². The molecule has 1 heterocycles. The summed E-state index contributed by atoms with van der Waals surface area (Å²) in [6.45, 7) is 2.56. The molecule has 2 unspecified atom stereocenters. The Morgan fingerprint density at radius 1 is 1.28 bits per heavy atom. The molecule has 4 N–H and O–H groups in total. The predicted octanol–water partition coefficient (Wildman–Crippen LogP) is 0.191. The lowest BCUT2D eigenvalue weighted by atomic mass is 9.78. The van der Waals surface area contributed by atoms with E-state index >= 15 is 0 Å². The van der Waals surface area contributed by atoms with Gasteiger partial charge < -0.3 is 20.8 Å². The van der Waals surface area contributed by atoms with E-state index < -0.39 is 5.97 Å². The first-order valence-corrected chi connectivity index (χ1v) is 6.94. The van der Waals surface area contributed by atoms with E-state index in [1.165, 1.54) is 12.8 Å². The van der Waals surface area contributed by atoms with Crippen molar-refractivity contribution in [3.8, 4) is 0 Å². The molecular formula is C13H24N2O3. The molecule has 2 rings (SSSR count). The van der Waals surface area contributed by atoms with Gasteiger partial charge in [0, 0.05) is 19.7 Å². The number of aliphatic carboxylic acids is 1. The van der Waals surface area contributed by atoms with Crippen molar-refractivity contribution in [2.24, 2.45) is 11.8 Å². The third kappa shape index (κ3) is 3.22. The Morgan fingerprint density at radius 2 is 1.94 bits per heavy atom. The van der Waals surface area contributed by atoms with Gasteiger partial charge in [0.05, 0.1) is 12.0 Å². The van der Waals surface area contributed by atoms with Gasteiger partial charge in [0.1, 0.15) is 0 Å². The van der Waals surface area contributed by atoms with E-state index in [1.54, 1.807) is 0 Å². The molecule has 18 heavy (non-hydrogen) atoms. The second-order valence-electron chi connectivity index (χ2n) is 5.82. The molecule has 0 amide bonds. The molecule has 0 bridgehead atoms. The summed E-state index contributed by atoms with van der Waals surface area (Å²) in [6, 6.07) is 0. The van der Waals surface area contributed by atoms with Crippen molar-refractivity contribution in [2.45, 2.75) is 37.6 Å². The van der Waals surface area contributed by atoms with Crippen LogP contribution >= 0.6 is 0 Å². The van der Waals surface area contributed by atoms with Crippen molar-refractivity contribution in [3.05, 3.63) is 0 Å². The van der Waals surface area contributed by atoms with Crippen molar-refractivity contribution in [1.82, 2.24) is 10.6 Å². The molecular weight excluding hydrogens is 232 g/mol. The van der Waals surface area contributed by atoms with Crippen LogP contribution in [0.1, 0.15) is 32.1 Å². The maximum Gasteiger partial charge on any atom is 0.305 e. The Kier molecular flexibility index (Phi) is 4.59. The standard InChI is InChI=1S/C13H24N2O3/c16-7-11-4-2-1-3-10(11)6-15-13(5-12(17)18)8-14-9-13/h10-11,14-16H,1-9H2,(H,17,18). The first kappa shape index (κ1) is 13.8. The summed E-state index contributed by atoms with van der Waals surface area (Å²) in [4.78, 5) is 10.9. The lowest BCUT2D eigenvalue weighted by Crippen LogP contribution is -2.69. The van der Waals surface area contributed by atoms with E-state index in [0.717, 1.165) is 32.5 Å². The Morgan fingerprint density at radius 3 is 2.44 bits per heavy atom. The molecule has 1 aliphatic heterocycles. The number of rotatable bonds is 6. The second kappa shape index (κ2) is 5.99. The number of aliphatic hydroxyl groups is 1. The molecule has 5 heteroatoms. The average molecular weight is 256 g/mol.